The Morgan fingerprint density at radius 2 is 1.67 bits per heavy atom. The molecule has 1 aliphatic carbocycles. The second kappa shape index (κ2) is 8.46. The van der Waals surface area contributed by atoms with E-state index >= 15 is 0 Å². The lowest BCUT2D eigenvalue weighted by Gasteiger charge is -2.33. The summed E-state index contributed by atoms with van der Waals surface area (Å²) >= 11 is 0. The molecule has 1 atom stereocenters. The molecule has 1 amide bonds. The maximum Gasteiger partial charge on any atom is 0.408 e. The van der Waals surface area contributed by atoms with Gasteiger partial charge in [-0.15, -0.1) is 0 Å². The number of hydrogen-bond donors (Lipinski definition) is 1. The first-order valence-corrected chi connectivity index (χ1v) is 9.17. The van der Waals surface area contributed by atoms with E-state index in [4.69, 9.17) is 4.74 Å². The van der Waals surface area contributed by atoms with Crippen molar-refractivity contribution < 1.29 is 23.9 Å². The monoisotopic (exact) mass is 373 g/mol. The number of alkyl carbamates (subject to hydrolysis) is 1. The van der Waals surface area contributed by atoms with Crippen LogP contribution in [0.4, 0.5) is 4.79 Å². The normalized spacial score (nSPS) is 18.3. The van der Waals surface area contributed by atoms with E-state index in [9.17, 15) is 19.2 Å². The molecule has 27 heavy (non-hydrogen) atoms. The molecule has 1 aromatic rings. The highest BCUT2D eigenvalue weighted by Crippen LogP contribution is 2.34. The number of hydrogen-bond acceptors (Lipinski definition) is 5. The largest absolute Gasteiger partial charge is 0.445 e. The first-order valence-electron chi connectivity index (χ1n) is 9.17. The summed E-state index contributed by atoms with van der Waals surface area (Å²) in [4.78, 5) is 49.8. The van der Waals surface area contributed by atoms with Gasteiger partial charge in [-0.3, -0.25) is 14.4 Å². The van der Waals surface area contributed by atoms with E-state index in [0.29, 0.717) is 0 Å². The second-order valence-corrected chi connectivity index (χ2v) is 8.21. The van der Waals surface area contributed by atoms with Crippen LogP contribution in [0.25, 0.3) is 0 Å². The van der Waals surface area contributed by atoms with Gasteiger partial charge in [-0.05, 0) is 16.9 Å². The van der Waals surface area contributed by atoms with Crippen LogP contribution in [0.2, 0.25) is 0 Å². The molecular weight excluding hydrogens is 346 g/mol. The van der Waals surface area contributed by atoms with Crippen molar-refractivity contribution in [3.8, 4) is 0 Å². The standard InChI is InChI=1S/C21H27NO5/c1-13(2)18(22-20(26)27-12-14-8-6-5-7-9-14)19(25)17-15(23)10-21(3,4)11-16(17)24/h5-9,13,17-18H,10-12H2,1-4H3,(H,22,26). The fourth-order valence-corrected chi connectivity index (χ4v) is 3.34. The molecule has 1 saturated carbocycles. The summed E-state index contributed by atoms with van der Waals surface area (Å²) in [5, 5.41) is 2.53. The number of carbonyl (C=O) groups excluding carboxylic acids is 4. The number of carbonyl (C=O) groups is 4. The Morgan fingerprint density at radius 1 is 1.11 bits per heavy atom. The molecule has 0 bridgehead atoms. The van der Waals surface area contributed by atoms with Crippen molar-refractivity contribution in [2.75, 3.05) is 0 Å². The maximum absolute atomic E-state index is 12.9. The summed E-state index contributed by atoms with van der Waals surface area (Å²) in [6.07, 6.45) is -0.390. The van der Waals surface area contributed by atoms with Gasteiger partial charge in [0.25, 0.3) is 0 Å². The molecule has 0 heterocycles. The van der Waals surface area contributed by atoms with Crippen LogP contribution in [0, 0.1) is 17.3 Å². The van der Waals surface area contributed by atoms with Crippen molar-refractivity contribution >= 4 is 23.4 Å². The Morgan fingerprint density at radius 3 is 2.19 bits per heavy atom. The van der Waals surface area contributed by atoms with E-state index in [1.54, 1.807) is 13.8 Å². The summed E-state index contributed by atoms with van der Waals surface area (Å²) in [7, 11) is 0. The smallest absolute Gasteiger partial charge is 0.408 e. The molecule has 1 unspecified atom stereocenters. The third-order valence-electron chi connectivity index (χ3n) is 4.69. The lowest BCUT2D eigenvalue weighted by atomic mass is 9.69. The molecule has 1 fully saturated rings. The lowest BCUT2D eigenvalue weighted by Crippen LogP contribution is -2.52. The van der Waals surface area contributed by atoms with Gasteiger partial charge in [0.05, 0.1) is 6.04 Å². The van der Waals surface area contributed by atoms with Gasteiger partial charge < -0.3 is 10.1 Å². The number of nitrogens with one attached hydrogen (secondary N) is 1. The topological polar surface area (TPSA) is 89.5 Å². The Labute approximate surface area is 159 Å². The Hall–Kier alpha value is -2.50. The maximum atomic E-state index is 12.9. The van der Waals surface area contributed by atoms with Crippen LogP contribution in [-0.2, 0) is 25.7 Å². The number of amides is 1. The van der Waals surface area contributed by atoms with Gasteiger partial charge in [0, 0.05) is 12.8 Å². The zero-order valence-electron chi connectivity index (χ0n) is 16.3. The summed E-state index contributed by atoms with van der Waals surface area (Å²) < 4.78 is 5.16. The highest BCUT2D eigenvalue weighted by atomic mass is 16.5. The summed E-state index contributed by atoms with van der Waals surface area (Å²) in [5.41, 5.74) is 0.389. The molecule has 1 aliphatic rings. The number of rotatable bonds is 6. The zero-order chi connectivity index (χ0) is 20.2. The number of ether oxygens (including phenoxy) is 1. The average molecular weight is 373 g/mol. The number of benzene rings is 1. The van der Waals surface area contributed by atoms with Crippen LogP contribution in [0.5, 0.6) is 0 Å². The van der Waals surface area contributed by atoms with E-state index < -0.39 is 29.3 Å². The Balaban J connectivity index is 2.03. The zero-order valence-corrected chi connectivity index (χ0v) is 16.3. The lowest BCUT2D eigenvalue weighted by molar-refractivity contribution is -0.146. The molecule has 0 aliphatic heterocycles. The third-order valence-corrected chi connectivity index (χ3v) is 4.69. The molecule has 1 N–H and O–H groups in total. The molecule has 0 saturated heterocycles. The quantitative estimate of drug-likeness (QED) is 0.774. The van der Waals surface area contributed by atoms with E-state index in [1.165, 1.54) is 0 Å². The molecule has 0 spiro atoms. The molecule has 0 radical (unpaired) electrons. The Bertz CT molecular complexity index is 703. The van der Waals surface area contributed by atoms with Crippen molar-refractivity contribution in [1.82, 2.24) is 5.32 Å². The molecular formula is C21H27NO5. The fraction of sp³-hybridized carbons (Fsp3) is 0.524. The van der Waals surface area contributed by atoms with E-state index in [-0.39, 0.29) is 36.9 Å². The van der Waals surface area contributed by atoms with Crippen LogP contribution in [-0.4, -0.2) is 29.5 Å². The predicted octanol–water partition coefficient (Wildman–Crippen LogP) is 3.08. The summed E-state index contributed by atoms with van der Waals surface area (Å²) in [5.74, 6) is -2.86. The molecule has 1 aromatic carbocycles. The molecule has 146 valence electrons. The minimum Gasteiger partial charge on any atom is -0.445 e. The van der Waals surface area contributed by atoms with Crippen LogP contribution in [0.3, 0.4) is 0 Å². The SMILES string of the molecule is CC(C)C(NC(=O)OCc1ccccc1)C(=O)C1C(=O)CC(C)(C)CC1=O. The van der Waals surface area contributed by atoms with Gasteiger partial charge in [-0.25, -0.2) is 4.79 Å². The van der Waals surface area contributed by atoms with Crippen molar-refractivity contribution in [3.05, 3.63) is 35.9 Å². The summed E-state index contributed by atoms with van der Waals surface area (Å²) in [6, 6.07) is 8.21. The number of ketones is 3. The van der Waals surface area contributed by atoms with Gasteiger partial charge in [0.1, 0.15) is 12.5 Å². The van der Waals surface area contributed by atoms with Crippen molar-refractivity contribution in [2.24, 2.45) is 17.3 Å². The first-order chi connectivity index (χ1) is 12.6. The molecule has 6 heteroatoms. The molecule has 2 rings (SSSR count). The van der Waals surface area contributed by atoms with Gasteiger partial charge in [-0.1, -0.05) is 58.0 Å². The predicted molar refractivity (Wildman–Crippen MR) is 99.9 cm³/mol. The molecule has 6 nitrogen and oxygen atoms in total. The fourth-order valence-electron chi connectivity index (χ4n) is 3.34. The minimum atomic E-state index is -1.29. The first kappa shape index (κ1) is 20.8. The second-order valence-electron chi connectivity index (χ2n) is 8.21. The van der Waals surface area contributed by atoms with Gasteiger partial charge in [0.2, 0.25) is 0 Å². The van der Waals surface area contributed by atoms with Gasteiger partial charge in [-0.2, -0.15) is 0 Å². The van der Waals surface area contributed by atoms with Crippen molar-refractivity contribution in [3.63, 3.8) is 0 Å². The van der Waals surface area contributed by atoms with Crippen molar-refractivity contribution in [1.29, 1.82) is 0 Å². The Kier molecular flexibility index (Phi) is 6.52. The van der Waals surface area contributed by atoms with Gasteiger partial charge >= 0.3 is 6.09 Å². The van der Waals surface area contributed by atoms with E-state index in [2.05, 4.69) is 5.32 Å². The minimum absolute atomic E-state index is 0.0706. The summed E-state index contributed by atoms with van der Waals surface area (Å²) in [6.45, 7) is 7.25. The van der Waals surface area contributed by atoms with Crippen LogP contribution in [0.1, 0.15) is 46.1 Å². The number of Topliss-reactive ketones (excluding diaryl/α,β-unsaturated/α-hetero) is 3. The van der Waals surface area contributed by atoms with E-state index in [0.717, 1.165) is 5.56 Å². The molecule has 0 aromatic heterocycles. The van der Waals surface area contributed by atoms with Crippen LogP contribution < -0.4 is 5.32 Å². The van der Waals surface area contributed by atoms with Gasteiger partial charge in [0.15, 0.2) is 17.3 Å². The third kappa shape index (κ3) is 5.49. The van der Waals surface area contributed by atoms with Crippen LogP contribution in [0.15, 0.2) is 30.3 Å². The van der Waals surface area contributed by atoms with Crippen LogP contribution >= 0.6 is 0 Å². The van der Waals surface area contributed by atoms with E-state index in [1.807, 2.05) is 44.2 Å². The highest BCUT2D eigenvalue weighted by molar-refractivity contribution is 6.22. The average Bonchev–Trinajstić information content (AvgIpc) is 2.56. The highest BCUT2D eigenvalue weighted by Gasteiger charge is 2.46. The van der Waals surface area contributed by atoms with Crippen molar-refractivity contribution in [2.45, 2.75) is 53.2 Å².